The van der Waals surface area contributed by atoms with Gasteiger partial charge in [0.2, 0.25) is 5.91 Å². The Bertz CT molecular complexity index is 860. The molecule has 146 valence electrons. The summed E-state index contributed by atoms with van der Waals surface area (Å²) in [6, 6.07) is 17.6. The number of carboxylic acid groups (broad SMARTS) is 1. The molecule has 3 rings (SSSR count). The van der Waals surface area contributed by atoms with Crippen molar-refractivity contribution in [2.24, 2.45) is 0 Å². The van der Waals surface area contributed by atoms with Gasteiger partial charge in [-0.2, -0.15) is 0 Å². The molecule has 2 aromatic rings. The van der Waals surface area contributed by atoms with E-state index >= 15 is 0 Å². The number of anilines is 1. The van der Waals surface area contributed by atoms with Crippen LogP contribution in [0.5, 0.6) is 0 Å². The van der Waals surface area contributed by atoms with Gasteiger partial charge in [-0.05, 0) is 42.2 Å². The standard InChI is InChI=1S/C22H25N3O3/c1-24(2)18-13-11-17(12-14-18)20-15-19(16-7-4-3-5-8-16)23-25(20)21(26)9-6-10-22(27)28/h3-5,7-8,11-15,20,23H,6,9-10H2,1-2H3,(H,27,28)/p-1/t20-/m0/s1. The van der Waals surface area contributed by atoms with Crippen LogP contribution in [0.4, 0.5) is 5.69 Å². The third kappa shape index (κ3) is 4.52. The molecule has 1 heterocycles. The molecule has 6 nitrogen and oxygen atoms in total. The highest BCUT2D eigenvalue weighted by Crippen LogP contribution is 2.32. The highest BCUT2D eigenvalue weighted by Gasteiger charge is 2.30. The third-order valence-corrected chi connectivity index (χ3v) is 4.72. The van der Waals surface area contributed by atoms with Gasteiger partial charge in [0, 0.05) is 32.2 Å². The normalized spacial score (nSPS) is 15.7. The number of rotatable bonds is 7. The largest absolute Gasteiger partial charge is 0.550 e. The zero-order chi connectivity index (χ0) is 20.1. The summed E-state index contributed by atoms with van der Waals surface area (Å²) in [6.07, 6.45) is 2.30. The zero-order valence-corrected chi connectivity index (χ0v) is 16.1. The van der Waals surface area contributed by atoms with Gasteiger partial charge in [-0.1, -0.05) is 42.5 Å². The van der Waals surface area contributed by atoms with Gasteiger partial charge in [0.1, 0.15) is 0 Å². The minimum Gasteiger partial charge on any atom is -0.550 e. The fourth-order valence-electron chi connectivity index (χ4n) is 3.18. The first-order chi connectivity index (χ1) is 13.5. The second-order valence-corrected chi connectivity index (χ2v) is 6.98. The Balaban J connectivity index is 1.85. The van der Waals surface area contributed by atoms with Gasteiger partial charge in [0.15, 0.2) is 0 Å². The van der Waals surface area contributed by atoms with E-state index in [0.29, 0.717) is 0 Å². The van der Waals surface area contributed by atoms with Gasteiger partial charge in [0.25, 0.3) is 0 Å². The number of nitrogens with one attached hydrogen (secondary N) is 1. The van der Waals surface area contributed by atoms with Crippen molar-refractivity contribution in [2.75, 3.05) is 19.0 Å². The van der Waals surface area contributed by atoms with E-state index in [9.17, 15) is 14.7 Å². The summed E-state index contributed by atoms with van der Waals surface area (Å²) < 4.78 is 0. The fraction of sp³-hybridized carbons (Fsp3) is 0.273. The van der Waals surface area contributed by atoms with Crippen LogP contribution in [-0.4, -0.2) is 31.0 Å². The van der Waals surface area contributed by atoms with Crippen LogP contribution < -0.4 is 15.4 Å². The first-order valence-electron chi connectivity index (χ1n) is 9.29. The van der Waals surface area contributed by atoms with Crippen LogP contribution in [0, 0.1) is 0 Å². The highest BCUT2D eigenvalue weighted by atomic mass is 16.4. The van der Waals surface area contributed by atoms with E-state index in [2.05, 4.69) is 5.43 Å². The molecule has 0 fully saturated rings. The zero-order valence-electron chi connectivity index (χ0n) is 16.1. The molecule has 0 saturated carbocycles. The number of hydrogen-bond donors (Lipinski definition) is 1. The Morgan fingerprint density at radius 3 is 2.32 bits per heavy atom. The number of carboxylic acids is 1. The number of hydrogen-bond acceptors (Lipinski definition) is 5. The first-order valence-corrected chi connectivity index (χ1v) is 9.29. The topological polar surface area (TPSA) is 75.7 Å². The second kappa shape index (κ2) is 8.61. The summed E-state index contributed by atoms with van der Waals surface area (Å²) in [6.45, 7) is 0. The van der Waals surface area contributed by atoms with Crippen molar-refractivity contribution in [3.8, 4) is 0 Å². The molecule has 6 heteroatoms. The van der Waals surface area contributed by atoms with E-state index in [1.807, 2.05) is 79.7 Å². The van der Waals surface area contributed by atoms with Crippen molar-refractivity contribution in [3.63, 3.8) is 0 Å². The summed E-state index contributed by atoms with van der Waals surface area (Å²) in [5.41, 5.74) is 7.11. The van der Waals surface area contributed by atoms with Gasteiger partial charge in [-0.25, -0.2) is 5.01 Å². The first kappa shape index (κ1) is 19.5. The predicted octanol–water partition coefficient (Wildman–Crippen LogP) is 2.10. The molecule has 0 bridgehead atoms. The number of amides is 1. The van der Waals surface area contributed by atoms with Crippen LogP contribution in [-0.2, 0) is 9.59 Å². The van der Waals surface area contributed by atoms with Crippen LogP contribution in [0.15, 0.2) is 60.7 Å². The van der Waals surface area contributed by atoms with E-state index in [4.69, 9.17) is 0 Å². The molecular weight excluding hydrogens is 354 g/mol. The minimum atomic E-state index is -1.14. The molecule has 28 heavy (non-hydrogen) atoms. The van der Waals surface area contributed by atoms with Crippen molar-refractivity contribution in [2.45, 2.75) is 25.3 Å². The van der Waals surface area contributed by atoms with Crippen LogP contribution in [0.25, 0.3) is 5.70 Å². The number of benzene rings is 2. The average molecular weight is 378 g/mol. The maximum absolute atomic E-state index is 12.8. The molecule has 0 saturated heterocycles. The van der Waals surface area contributed by atoms with E-state index in [0.717, 1.165) is 22.5 Å². The molecule has 0 radical (unpaired) electrons. The lowest BCUT2D eigenvalue weighted by Crippen LogP contribution is -2.39. The van der Waals surface area contributed by atoms with Crippen LogP contribution >= 0.6 is 0 Å². The van der Waals surface area contributed by atoms with E-state index in [1.165, 1.54) is 0 Å². The lowest BCUT2D eigenvalue weighted by atomic mass is 10.0. The van der Waals surface area contributed by atoms with Gasteiger partial charge in [-0.3, -0.25) is 10.2 Å². The van der Waals surface area contributed by atoms with Crippen molar-refractivity contribution in [1.29, 1.82) is 0 Å². The van der Waals surface area contributed by atoms with E-state index in [1.54, 1.807) is 5.01 Å². The highest BCUT2D eigenvalue weighted by molar-refractivity contribution is 5.81. The molecule has 1 N–H and O–H groups in total. The molecule has 0 spiro atoms. The smallest absolute Gasteiger partial charge is 0.241 e. The van der Waals surface area contributed by atoms with E-state index in [-0.39, 0.29) is 31.2 Å². The van der Waals surface area contributed by atoms with Gasteiger partial charge in [0.05, 0.1) is 11.7 Å². The van der Waals surface area contributed by atoms with Crippen molar-refractivity contribution in [3.05, 3.63) is 71.8 Å². The lowest BCUT2D eigenvalue weighted by Gasteiger charge is -2.26. The molecule has 1 aliphatic heterocycles. The third-order valence-electron chi connectivity index (χ3n) is 4.72. The van der Waals surface area contributed by atoms with Crippen molar-refractivity contribution in [1.82, 2.24) is 10.4 Å². The van der Waals surface area contributed by atoms with Crippen LogP contribution in [0.1, 0.15) is 36.4 Å². The molecule has 1 amide bonds. The molecule has 1 atom stereocenters. The van der Waals surface area contributed by atoms with Gasteiger partial charge in [-0.15, -0.1) is 0 Å². The second-order valence-electron chi connectivity index (χ2n) is 6.98. The van der Waals surface area contributed by atoms with E-state index < -0.39 is 5.97 Å². The Labute approximate surface area is 165 Å². The predicted molar refractivity (Wildman–Crippen MR) is 107 cm³/mol. The average Bonchev–Trinajstić information content (AvgIpc) is 3.14. The Morgan fingerprint density at radius 2 is 1.71 bits per heavy atom. The summed E-state index contributed by atoms with van der Waals surface area (Å²) in [7, 11) is 3.96. The Morgan fingerprint density at radius 1 is 1.04 bits per heavy atom. The minimum absolute atomic E-state index is 0.124. The molecule has 0 unspecified atom stereocenters. The quantitative estimate of drug-likeness (QED) is 0.799. The summed E-state index contributed by atoms with van der Waals surface area (Å²) >= 11 is 0. The number of hydrazine groups is 1. The maximum Gasteiger partial charge on any atom is 0.241 e. The van der Waals surface area contributed by atoms with Gasteiger partial charge >= 0.3 is 0 Å². The summed E-state index contributed by atoms with van der Waals surface area (Å²) in [4.78, 5) is 25.4. The number of aliphatic carboxylic acids is 1. The maximum atomic E-state index is 12.8. The SMILES string of the molecule is CN(C)c1ccc([C@@H]2C=C(c3ccccc3)NN2C(=O)CCCC(=O)[O-])cc1. The molecule has 1 aliphatic rings. The molecule has 0 aliphatic carbocycles. The molecule has 2 aromatic carbocycles. The Kier molecular flexibility index (Phi) is 5.99. The monoisotopic (exact) mass is 378 g/mol. The lowest BCUT2D eigenvalue weighted by molar-refractivity contribution is -0.305. The van der Waals surface area contributed by atoms with Crippen molar-refractivity contribution >= 4 is 23.3 Å². The fourth-order valence-corrected chi connectivity index (χ4v) is 3.18. The van der Waals surface area contributed by atoms with Crippen LogP contribution in [0.2, 0.25) is 0 Å². The number of carbonyl (C=O) groups is 2. The molecule has 0 aromatic heterocycles. The number of nitrogens with zero attached hydrogens (tertiary/aromatic N) is 2. The number of carbonyl (C=O) groups excluding carboxylic acids is 2. The van der Waals surface area contributed by atoms with Crippen molar-refractivity contribution < 1.29 is 14.7 Å². The summed E-state index contributed by atoms with van der Waals surface area (Å²) in [5.74, 6) is -1.29. The van der Waals surface area contributed by atoms with Gasteiger partial charge < -0.3 is 14.8 Å². The Hall–Kier alpha value is -3.28. The summed E-state index contributed by atoms with van der Waals surface area (Å²) in [5, 5.41) is 12.2. The molecular formula is C22H24N3O3-. The van der Waals surface area contributed by atoms with Crippen LogP contribution in [0.3, 0.4) is 0 Å².